The summed E-state index contributed by atoms with van der Waals surface area (Å²) in [4.78, 5) is 15.7. The van der Waals surface area contributed by atoms with Crippen LogP contribution in [-0.4, -0.2) is 36.9 Å². The lowest BCUT2D eigenvalue weighted by molar-refractivity contribution is -0.121. The first-order valence-electron chi connectivity index (χ1n) is 5.65. The van der Waals surface area contributed by atoms with Crippen LogP contribution in [0, 0.1) is 0 Å². The number of sulfone groups is 1. The molecule has 0 aliphatic carbocycles. The van der Waals surface area contributed by atoms with Crippen LogP contribution in [0.1, 0.15) is 12.1 Å². The number of anilines is 1. The van der Waals surface area contributed by atoms with Crippen molar-refractivity contribution in [3.8, 4) is 0 Å². The van der Waals surface area contributed by atoms with E-state index in [1.807, 2.05) is 0 Å². The van der Waals surface area contributed by atoms with Crippen molar-refractivity contribution < 1.29 is 13.2 Å². The number of nitrogens with one attached hydrogen (secondary N) is 1. The molecule has 0 saturated carbocycles. The van der Waals surface area contributed by atoms with E-state index >= 15 is 0 Å². The first kappa shape index (κ1) is 12.8. The molecular weight excluding hydrogens is 254 g/mol. The lowest BCUT2D eigenvalue weighted by Crippen LogP contribution is -2.36. The second-order valence-corrected chi connectivity index (χ2v) is 6.66. The highest BCUT2D eigenvalue weighted by Gasteiger charge is 2.28. The van der Waals surface area contributed by atoms with Gasteiger partial charge in [0.1, 0.15) is 0 Å². The number of nitrogen functional groups attached to an aromatic ring is 1. The Labute approximate surface area is 106 Å². The second kappa shape index (κ2) is 4.93. The first-order valence-corrected chi connectivity index (χ1v) is 7.47. The predicted octanol–water partition coefficient (Wildman–Crippen LogP) is -0.490. The molecule has 0 aromatic carbocycles. The third-order valence-corrected chi connectivity index (χ3v) is 4.55. The van der Waals surface area contributed by atoms with Crippen molar-refractivity contribution in [3.05, 3.63) is 24.0 Å². The van der Waals surface area contributed by atoms with E-state index in [4.69, 9.17) is 5.73 Å². The van der Waals surface area contributed by atoms with Crippen LogP contribution in [-0.2, 0) is 21.1 Å². The summed E-state index contributed by atoms with van der Waals surface area (Å²) in [7, 11) is -2.97. The minimum Gasteiger partial charge on any atom is -0.397 e. The summed E-state index contributed by atoms with van der Waals surface area (Å²) in [6.45, 7) is 0. The monoisotopic (exact) mass is 269 g/mol. The van der Waals surface area contributed by atoms with Crippen LogP contribution in [0.3, 0.4) is 0 Å². The molecule has 7 heteroatoms. The Balaban J connectivity index is 1.88. The Morgan fingerprint density at radius 3 is 2.83 bits per heavy atom. The van der Waals surface area contributed by atoms with Crippen molar-refractivity contribution in [2.75, 3.05) is 17.2 Å². The summed E-state index contributed by atoms with van der Waals surface area (Å²) in [6, 6.07) is 3.09. The van der Waals surface area contributed by atoms with Gasteiger partial charge in [0.2, 0.25) is 5.91 Å². The van der Waals surface area contributed by atoms with Gasteiger partial charge in [-0.2, -0.15) is 0 Å². The van der Waals surface area contributed by atoms with Gasteiger partial charge in [0.15, 0.2) is 9.84 Å². The molecular formula is C11H15N3O3S. The maximum absolute atomic E-state index is 11.7. The van der Waals surface area contributed by atoms with Gasteiger partial charge in [-0.1, -0.05) is 0 Å². The molecule has 1 fully saturated rings. The maximum Gasteiger partial charge on any atom is 0.226 e. The molecule has 2 heterocycles. The lowest BCUT2D eigenvalue weighted by Gasteiger charge is -2.10. The van der Waals surface area contributed by atoms with Gasteiger partial charge in [-0.15, -0.1) is 0 Å². The van der Waals surface area contributed by atoms with E-state index in [9.17, 15) is 13.2 Å². The van der Waals surface area contributed by atoms with Crippen LogP contribution < -0.4 is 11.1 Å². The molecule has 0 spiro atoms. The van der Waals surface area contributed by atoms with Gasteiger partial charge in [0.05, 0.1) is 29.8 Å². The fraction of sp³-hybridized carbons (Fsp3) is 0.455. The van der Waals surface area contributed by atoms with E-state index < -0.39 is 9.84 Å². The van der Waals surface area contributed by atoms with Gasteiger partial charge < -0.3 is 11.1 Å². The molecule has 0 radical (unpaired) electrons. The number of hydrogen-bond donors (Lipinski definition) is 2. The Morgan fingerprint density at radius 1 is 1.50 bits per heavy atom. The van der Waals surface area contributed by atoms with E-state index in [1.54, 1.807) is 12.1 Å². The number of carbonyl (C=O) groups excluding carboxylic acids is 1. The van der Waals surface area contributed by atoms with Crippen LogP contribution in [0.4, 0.5) is 5.69 Å². The normalized spacial score (nSPS) is 21.7. The van der Waals surface area contributed by atoms with Crippen LogP contribution in [0.5, 0.6) is 0 Å². The summed E-state index contributed by atoms with van der Waals surface area (Å²) >= 11 is 0. The molecule has 1 aliphatic rings. The van der Waals surface area contributed by atoms with Crippen molar-refractivity contribution in [2.45, 2.75) is 18.9 Å². The van der Waals surface area contributed by atoms with Gasteiger partial charge in [0, 0.05) is 11.7 Å². The van der Waals surface area contributed by atoms with Gasteiger partial charge >= 0.3 is 0 Å². The zero-order valence-electron chi connectivity index (χ0n) is 9.80. The minimum atomic E-state index is -2.97. The molecule has 1 aromatic heterocycles. The van der Waals surface area contributed by atoms with Crippen molar-refractivity contribution >= 4 is 21.4 Å². The predicted molar refractivity (Wildman–Crippen MR) is 67.6 cm³/mol. The largest absolute Gasteiger partial charge is 0.397 e. The second-order valence-electron chi connectivity index (χ2n) is 4.43. The van der Waals surface area contributed by atoms with E-state index in [2.05, 4.69) is 10.3 Å². The molecule has 98 valence electrons. The number of carbonyl (C=O) groups is 1. The van der Waals surface area contributed by atoms with Crippen LogP contribution in [0.25, 0.3) is 0 Å². The molecule has 6 nitrogen and oxygen atoms in total. The number of amides is 1. The average Bonchev–Trinajstić information content (AvgIpc) is 2.61. The number of hydrogen-bond acceptors (Lipinski definition) is 5. The third-order valence-electron chi connectivity index (χ3n) is 2.79. The number of aromatic nitrogens is 1. The molecule has 18 heavy (non-hydrogen) atoms. The Morgan fingerprint density at radius 2 is 2.28 bits per heavy atom. The van der Waals surface area contributed by atoms with Crippen LogP contribution >= 0.6 is 0 Å². The molecule has 1 unspecified atom stereocenters. The SMILES string of the molecule is Nc1ccc(CC(=O)NC2CCS(=O)(=O)C2)nc1. The number of rotatable bonds is 3. The lowest BCUT2D eigenvalue weighted by atomic mass is 10.2. The molecule has 1 atom stereocenters. The highest BCUT2D eigenvalue weighted by atomic mass is 32.2. The number of pyridine rings is 1. The summed E-state index contributed by atoms with van der Waals surface area (Å²) < 4.78 is 22.5. The number of nitrogens with two attached hydrogens (primary N) is 1. The topological polar surface area (TPSA) is 102 Å². The Kier molecular flexibility index (Phi) is 3.51. The van der Waals surface area contributed by atoms with Gasteiger partial charge in [-0.25, -0.2) is 8.42 Å². The molecule has 3 N–H and O–H groups in total. The van der Waals surface area contributed by atoms with Crippen molar-refractivity contribution in [2.24, 2.45) is 0 Å². The Hall–Kier alpha value is -1.63. The maximum atomic E-state index is 11.7. The molecule has 1 amide bonds. The van der Waals surface area contributed by atoms with Crippen LogP contribution in [0.15, 0.2) is 18.3 Å². The van der Waals surface area contributed by atoms with E-state index in [0.29, 0.717) is 17.8 Å². The highest BCUT2D eigenvalue weighted by molar-refractivity contribution is 7.91. The summed E-state index contributed by atoms with van der Waals surface area (Å²) in [6.07, 6.45) is 2.11. The zero-order valence-corrected chi connectivity index (χ0v) is 10.6. The zero-order chi connectivity index (χ0) is 13.2. The third kappa shape index (κ3) is 3.43. The van der Waals surface area contributed by atoms with Crippen molar-refractivity contribution in [3.63, 3.8) is 0 Å². The summed E-state index contributed by atoms with van der Waals surface area (Å²) in [5.74, 6) is -0.0271. The average molecular weight is 269 g/mol. The Bertz CT molecular complexity index is 539. The minimum absolute atomic E-state index is 0.0356. The number of nitrogens with zero attached hydrogens (tertiary/aromatic N) is 1. The molecule has 1 saturated heterocycles. The molecule has 1 aromatic rings. The smallest absolute Gasteiger partial charge is 0.226 e. The van der Waals surface area contributed by atoms with Crippen LogP contribution in [0.2, 0.25) is 0 Å². The molecule has 1 aliphatic heterocycles. The summed E-state index contributed by atoms with van der Waals surface area (Å²) in [5.41, 5.74) is 6.65. The fourth-order valence-corrected chi connectivity index (χ4v) is 3.57. The van der Waals surface area contributed by atoms with Gasteiger partial charge in [-0.3, -0.25) is 9.78 Å². The van der Waals surface area contributed by atoms with E-state index in [-0.39, 0.29) is 29.9 Å². The van der Waals surface area contributed by atoms with E-state index in [0.717, 1.165) is 0 Å². The quantitative estimate of drug-likeness (QED) is 0.771. The first-order chi connectivity index (χ1) is 8.44. The van der Waals surface area contributed by atoms with Crippen molar-refractivity contribution in [1.82, 2.24) is 10.3 Å². The fourth-order valence-electron chi connectivity index (χ4n) is 1.89. The standard InChI is InChI=1S/C11H15N3O3S/c12-8-1-2-9(13-6-8)5-11(15)14-10-3-4-18(16,17)7-10/h1-2,6,10H,3-5,7,12H2,(H,14,15). The molecule has 2 rings (SSSR count). The summed E-state index contributed by atoms with van der Waals surface area (Å²) in [5, 5.41) is 2.71. The van der Waals surface area contributed by atoms with E-state index in [1.165, 1.54) is 6.20 Å². The van der Waals surface area contributed by atoms with Crippen molar-refractivity contribution in [1.29, 1.82) is 0 Å². The van der Waals surface area contributed by atoms with Gasteiger partial charge in [-0.05, 0) is 18.6 Å². The van der Waals surface area contributed by atoms with Gasteiger partial charge in [0.25, 0.3) is 0 Å². The molecule has 0 bridgehead atoms. The highest BCUT2D eigenvalue weighted by Crippen LogP contribution is 2.11.